The normalized spacial score (nSPS) is 28.3. The fourth-order valence-corrected chi connectivity index (χ4v) is 2.75. The lowest BCUT2D eigenvalue weighted by atomic mass is 9.82. The molecule has 2 nitrogen and oxygen atoms in total. The Balaban J connectivity index is 1.89. The molecule has 94 valence electrons. The zero-order valence-corrected chi connectivity index (χ0v) is 10.8. The molecule has 1 aliphatic carbocycles. The quantitative estimate of drug-likeness (QED) is 0.867. The molecule has 1 aromatic carbocycles. The van der Waals surface area contributed by atoms with Crippen molar-refractivity contribution >= 4 is 0 Å². The van der Waals surface area contributed by atoms with Gasteiger partial charge in [-0.2, -0.15) is 0 Å². The molecule has 2 rings (SSSR count). The highest BCUT2D eigenvalue weighted by atomic mass is 16.5. The van der Waals surface area contributed by atoms with Crippen LogP contribution in [0, 0.1) is 5.41 Å². The molecule has 2 unspecified atom stereocenters. The summed E-state index contributed by atoms with van der Waals surface area (Å²) in [4.78, 5) is 0. The molecule has 1 aliphatic rings. The highest BCUT2D eigenvalue weighted by molar-refractivity contribution is 5.27. The van der Waals surface area contributed by atoms with E-state index in [9.17, 15) is 5.11 Å². The number of benzene rings is 1. The second-order valence-electron chi connectivity index (χ2n) is 5.56. The Hall–Kier alpha value is -1.02. The fourth-order valence-electron chi connectivity index (χ4n) is 2.75. The minimum atomic E-state index is -0.0733. The Morgan fingerprint density at radius 3 is 2.59 bits per heavy atom. The number of aryl methyl sites for hydroxylation is 1. The van der Waals surface area contributed by atoms with Crippen LogP contribution in [-0.2, 0) is 6.42 Å². The van der Waals surface area contributed by atoms with Crippen LogP contribution >= 0.6 is 0 Å². The van der Waals surface area contributed by atoms with E-state index in [4.69, 9.17) is 4.74 Å². The number of aliphatic hydroxyl groups is 1. The summed E-state index contributed by atoms with van der Waals surface area (Å²) >= 11 is 0. The van der Waals surface area contributed by atoms with Crippen LogP contribution in [0.25, 0.3) is 0 Å². The van der Waals surface area contributed by atoms with Crippen LogP contribution in [0.5, 0.6) is 5.75 Å². The van der Waals surface area contributed by atoms with Crippen molar-refractivity contribution in [2.45, 2.75) is 45.1 Å². The number of hydrogen-bond acceptors (Lipinski definition) is 2. The molecule has 0 spiro atoms. The van der Waals surface area contributed by atoms with Gasteiger partial charge in [-0.15, -0.1) is 0 Å². The monoisotopic (exact) mass is 234 g/mol. The number of aliphatic hydroxyl groups excluding tert-OH is 1. The third-order valence-corrected chi connectivity index (χ3v) is 3.99. The lowest BCUT2D eigenvalue weighted by Gasteiger charge is -2.23. The van der Waals surface area contributed by atoms with Crippen molar-refractivity contribution in [2.75, 3.05) is 7.11 Å². The average Bonchev–Trinajstić information content (AvgIpc) is 2.68. The molecule has 0 saturated heterocycles. The van der Waals surface area contributed by atoms with Crippen LogP contribution in [0.15, 0.2) is 24.3 Å². The maximum atomic E-state index is 9.61. The van der Waals surface area contributed by atoms with Gasteiger partial charge in [0.15, 0.2) is 0 Å². The van der Waals surface area contributed by atoms with Crippen LogP contribution in [0.1, 0.15) is 38.2 Å². The molecule has 17 heavy (non-hydrogen) atoms. The Morgan fingerprint density at radius 2 is 2.06 bits per heavy atom. The highest BCUT2D eigenvalue weighted by Gasteiger charge is 2.33. The minimum absolute atomic E-state index is 0.0733. The van der Waals surface area contributed by atoms with E-state index in [0.717, 1.165) is 37.9 Å². The van der Waals surface area contributed by atoms with Gasteiger partial charge in [0.2, 0.25) is 0 Å². The zero-order valence-electron chi connectivity index (χ0n) is 10.8. The van der Waals surface area contributed by atoms with Gasteiger partial charge in [-0.25, -0.2) is 0 Å². The largest absolute Gasteiger partial charge is 0.497 e. The van der Waals surface area contributed by atoms with Crippen molar-refractivity contribution in [3.05, 3.63) is 29.8 Å². The number of hydrogen-bond donors (Lipinski definition) is 1. The second kappa shape index (κ2) is 5.09. The van der Waals surface area contributed by atoms with E-state index < -0.39 is 0 Å². The van der Waals surface area contributed by atoms with Gasteiger partial charge >= 0.3 is 0 Å². The summed E-state index contributed by atoms with van der Waals surface area (Å²) in [5.74, 6) is 0.913. The Kier molecular flexibility index (Phi) is 3.72. The first-order chi connectivity index (χ1) is 8.11. The second-order valence-corrected chi connectivity index (χ2v) is 5.56. The lowest BCUT2D eigenvalue weighted by molar-refractivity contribution is 0.161. The standard InChI is InChI=1S/C15H22O2/c1-15(10-8-13(16)11-15)9-7-12-3-5-14(17-2)6-4-12/h3-6,13,16H,7-11H2,1-2H3. The van der Waals surface area contributed by atoms with Crippen molar-refractivity contribution in [1.82, 2.24) is 0 Å². The van der Waals surface area contributed by atoms with Gasteiger partial charge in [0.05, 0.1) is 13.2 Å². The zero-order chi connectivity index (χ0) is 12.3. The highest BCUT2D eigenvalue weighted by Crippen LogP contribution is 2.41. The van der Waals surface area contributed by atoms with Crippen molar-refractivity contribution in [1.29, 1.82) is 0 Å². The van der Waals surface area contributed by atoms with E-state index >= 15 is 0 Å². The molecule has 1 aromatic rings. The van der Waals surface area contributed by atoms with Crippen LogP contribution in [0.3, 0.4) is 0 Å². The van der Waals surface area contributed by atoms with Gasteiger partial charge in [0, 0.05) is 0 Å². The van der Waals surface area contributed by atoms with E-state index in [2.05, 4.69) is 19.1 Å². The predicted molar refractivity (Wildman–Crippen MR) is 69.3 cm³/mol. The van der Waals surface area contributed by atoms with Gasteiger partial charge in [-0.1, -0.05) is 19.1 Å². The van der Waals surface area contributed by atoms with Gasteiger partial charge in [-0.3, -0.25) is 0 Å². The summed E-state index contributed by atoms with van der Waals surface area (Å²) in [6, 6.07) is 8.30. The van der Waals surface area contributed by atoms with Crippen molar-refractivity contribution in [3.63, 3.8) is 0 Å². The number of methoxy groups -OCH3 is 1. The SMILES string of the molecule is COc1ccc(CCC2(C)CCC(O)C2)cc1. The molecule has 2 heteroatoms. The van der Waals surface area contributed by atoms with E-state index in [1.165, 1.54) is 5.56 Å². The maximum Gasteiger partial charge on any atom is 0.118 e. The van der Waals surface area contributed by atoms with Gasteiger partial charge < -0.3 is 9.84 Å². The molecular weight excluding hydrogens is 212 g/mol. The molecule has 0 radical (unpaired) electrons. The van der Waals surface area contributed by atoms with Crippen LogP contribution < -0.4 is 4.74 Å². The van der Waals surface area contributed by atoms with Crippen LogP contribution in [0.2, 0.25) is 0 Å². The molecular formula is C15H22O2. The molecule has 1 fully saturated rings. The molecule has 1 N–H and O–H groups in total. The summed E-state index contributed by atoms with van der Waals surface area (Å²) in [6.07, 6.45) is 5.27. The van der Waals surface area contributed by atoms with E-state index in [1.54, 1.807) is 7.11 Å². The summed E-state index contributed by atoms with van der Waals surface area (Å²) < 4.78 is 5.15. The van der Waals surface area contributed by atoms with Crippen LogP contribution in [-0.4, -0.2) is 18.3 Å². The summed E-state index contributed by atoms with van der Waals surface area (Å²) in [5, 5.41) is 9.61. The fraction of sp³-hybridized carbons (Fsp3) is 0.600. The first-order valence-corrected chi connectivity index (χ1v) is 6.42. The molecule has 0 amide bonds. The Morgan fingerprint density at radius 1 is 1.35 bits per heavy atom. The van der Waals surface area contributed by atoms with Crippen LogP contribution in [0.4, 0.5) is 0 Å². The first-order valence-electron chi connectivity index (χ1n) is 6.42. The number of rotatable bonds is 4. The lowest BCUT2D eigenvalue weighted by Crippen LogP contribution is -2.14. The average molecular weight is 234 g/mol. The van der Waals surface area contributed by atoms with Gasteiger partial charge in [0.1, 0.15) is 5.75 Å². The third-order valence-electron chi connectivity index (χ3n) is 3.99. The van der Waals surface area contributed by atoms with Crippen molar-refractivity contribution in [3.8, 4) is 5.75 Å². The summed E-state index contributed by atoms with van der Waals surface area (Å²) in [6.45, 7) is 2.30. The molecule has 0 aliphatic heterocycles. The van der Waals surface area contributed by atoms with Gasteiger partial charge in [0.25, 0.3) is 0 Å². The van der Waals surface area contributed by atoms with E-state index in [0.29, 0.717) is 5.41 Å². The van der Waals surface area contributed by atoms with E-state index in [1.807, 2.05) is 12.1 Å². The predicted octanol–water partition coefficient (Wildman–Crippen LogP) is 3.18. The molecule has 0 aromatic heterocycles. The Bertz CT molecular complexity index is 358. The molecule has 0 bridgehead atoms. The smallest absolute Gasteiger partial charge is 0.118 e. The number of ether oxygens (including phenoxy) is 1. The molecule has 0 heterocycles. The van der Waals surface area contributed by atoms with Gasteiger partial charge in [-0.05, 0) is 55.2 Å². The van der Waals surface area contributed by atoms with Crippen molar-refractivity contribution < 1.29 is 9.84 Å². The molecule has 2 atom stereocenters. The Labute approximate surface area is 104 Å². The van der Waals surface area contributed by atoms with E-state index in [-0.39, 0.29) is 6.10 Å². The topological polar surface area (TPSA) is 29.5 Å². The third kappa shape index (κ3) is 3.22. The maximum absolute atomic E-state index is 9.61. The summed E-state index contributed by atoms with van der Waals surface area (Å²) in [7, 11) is 1.69. The first kappa shape index (κ1) is 12.4. The van der Waals surface area contributed by atoms with Crippen molar-refractivity contribution in [2.24, 2.45) is 5.41 Å². The molecule has 1 saturated carbocycles. The minimum Gasteiger partial charge on any atom is -0.497 e. The summed E-state index contributed by atoms with van der Waals surface area (Å²) in [5.41, 5.74) is 1.69.